The van der Waals surface area contributed by atoms with E-state index in [-0.39, 0.29) is 5.91 Å². The molecule has 1 aliphatic heterocycles. The molecule has 4 rings (SSSR count). The molecule has 0 bridgehead atoms. The Hall–Kier alpha value is -2.07. The van der Waals surface area contributed by atoms with Gasteiger partial charge in [-0.25, -0.2) is 9.67 Å². The number of rotatable bonds is 8. The van der Waals surface area contributed by atoms with Gasteiger partial charge in [-0.05, 0) is 44.9 Å². The van der Waals surface area contributed by atoms with Crippen molar-refractivity contribution < 1.29 is 14.3 Å². The number of benzene rings is 1. The number of hydrogen-bond donors (Lipinski definition) is 0. The Morgan fingerprint density at radius 3 is 2.71 bits per heavy atom. The quantitative estimate of drug-likeness (QED) is 0.470. The average molecular weight is 464 g/mol. The van der Waals surface area contributed by atoms with Crippen LogP contribution in [0.5, 0.6) is 0 Å². The zero-order valence-electron chi connectivity index (χ0n) is 17.7. The molecule has 3 aromatic rings. The van der Waals surface area contributed by atoms with E-state index >= 15 is 0 Å². The normalized spacial score (nSPS) is 15.3. The first kappa shape index (κ1) is 22.1. The van der Waals surface area contributed by atoms with Gasteiger partial charge in [-0.1, -0.05) is 16.8 Å². The Balaban J connectivity index is 1.35. The number of thiazole rings is 1. The molecule has 3 heterocycles. The van der Waals surface area contributed by atoms with E-state index < -0.39 is 6.29 Å². The maximum atomic E-state index is 12.9. The number of nitrogens with zero attached hydrogens (tertiary/aromatic N) is 5. The predicted octanol–water partition coefficient (Wildman–Crippen LogP) is 3.96. The summed E-state index contributed by atoms with van der Waals surface area (Å²) in [4.78, 5) is 19.5. The highest BCUT2D eigenvalue weighted by atomic mass is 35.5. The van der Waals surface area contributed by atoms with E-state index in [1.807, 2.05) is 36.9 Å². The van der Waals surface area contributed by atoms with E-state index in [0.717, 1.165) is 28.1 Å². The van der Waals surface area contributed by atoms with Crippen molar-refractivity contribution in [1.82, 2.24) is 24.9 Å². The molecular weight excluding hydrogens is 438 g/mol. The Morgan fingerprint density at radius 2 is 2.00 bits per heavy atom. The van der Waals surface area contributed by atoms with Crippen LogP contribution < -0.4 is 0 Å². The lowest BCUT2D eigenvalue weighted by molar-refractivity contribution is -0.145. The van der Waals surface area contributed by atoms with Gasteiger partial charge in [0.15, 0.2) is 12.0 Å². The van der Waals surface area contributed by atoms with Crippen LogP contribution in [0.3, 0.4) is 0 Å². The number of aromatic nitrogens is 4. The molecule has 10 heteroatoms. The van der Waals surface area contributed by atoms with Gasteiger partial charge in [0.2, 0.25) is 0 Å². The molecule has 0 N–H and O–H groups in total. The predicted molar refractivity (Wildman–Crippen MR) is 120 cm³/mol. The summed E-state index contributed by atoms with van der Waals surface area (Å²) in [5, 5.41) is 9.96. The molecule has 1 amide bonds. The van der Waals surface area contributed by atoms with Crippen LogP contribution in [0.4, 0.5) is 0 Å². The van der Waals surface area contributed by atoms with Gasteiger partial charge in [0.25, 0.3) is 5.91 Å². The van der Waals surface area contributed by atoms with Crippen molar-refractivity contribution in [1.29, 1.82) is 0 Å². The SMILES string of the molecule is CCOC(Cn1cc(C(=O)N2CCC(c3nc4cc(Cl)ccc4s3)CC2)nn1)OCC. The van der Waals surface area contributed by atoms with Crippen LogP contribution in [0.2, 0.25) is 5.02 Å². The number of carbonyl (C=O) groups is 1. The summed E-state index contributed by atoms with van der Waals surface area (Å²) < 4.78 is 13.8. The van der Waals surface area contributed by atoms with Gasteiger partial charge in [-0.3, -0.25) is 4.79 Å². The summed E-state index contributed by atoms with van der Waals surface area (Å²) in [7, 11) is 0. The molecule has 1 aliphatic rings. The number of hydrogen-bond acceptors (Lipinski definition) is 7. The number of fused-ring (bicyclic) bond motifs is 1. The van der Waals surface area contributed by atoms with Crippen LogP contribution in [0, 0.1) is 0 Å². The van der Waals surface area contributed by atoms with E-state index in [4.69, 9.17) is 26.1 Å². The molecule has 0 aliphatic carbocycles. The van der Waals surface area contributed by atoms with Gasteiger partial charge in [0, 0.05) is 37.2 Å². The third kappa shape index (κ3) is 5.23. The lowest BCUT2D eigenvalue weighted by atomic mass is 9.97. The molecule has 1 aromatic carbocycles. The smallest absolute Gasteiger partial charge is 0.276 e. The second kappa shape index (κ2) is 10.0. The number of amides is 1. The third-order valence-electron chi connectivity index (χ3n) is 5.30. The first-order chi connectivity index (χ1) is 15.1. The summed E-state index contributed by atoms with van der Waals surface area (Å²) in [6.45, 7) is 6.65. The standard InChI is InChI=1S/C21H26ClN5O3S/c1-3-29-19(30-4-2)13-27-12-17(24-25-27)21(28)26-9-7-14(8-10-26)20-23-16-11-15(22)5-6-18(16)31-20/h5-6,11-12,14,19H,3-4,7-10,13H2,1-2H3. The zero-order chi connectivity index (χ0) is 21.8. The molecule has 0 atom stereocenters. The van der Waals surface area contributed by atoms with Gasteiger partial charge >= 0.3 is 0 Å². The Morgan fingerprint density at radius 1 is 1.26 bits per heavy atom. The summed E-state index contributed by atoms with van der Waals surface area (Å²) in [5.41, 5.74) is 1.29. The van der Waals surface area contributed by atoms with Crippen LogP contribution in [0.1, 0.15) is 48.1 Å². The summed E-state index contributed by atoms with van der Waals surface area (Å²) in [6.07, 6.45) is 3.02. The highest BCUT2D eigenvalue weighted by Crippen LogP contribution is 2.34. The maximum Gasteiger partial charge on any atom is 0.276 e. The molecular formula is C21H26ClN5O3S. The fraction of sp³-hybridized carbons (Fsp3) is 0.524. The van der Waals surface area contributed by atoms with Gasteiger partial charge in [0.05, 0.1) is 28.0 Å². The maximum absolute atomic E-state index is 12.9. The summed E-state index contributed by atoms with van der Waals surface area (Å²) in [5.74, 6) is 0.263. The highest BCUT2D eigenvalue weighted by molar-refractivity contribution is 7.18. The monoisotopic (exact) mass is 463 g/mol. The van der Waals surface area contributed by atoms with Gasteiger partial charge < -0.3 is 14.4 Å². The van der Waals surface area contributed by atoms with Crippen molar-refractivity contribution in [3.63, 3.8) is 0 Å². The molecule has 31 heavy (non-hydrogen) atoms. The van der Waals surface area contributed by atoms with Crippen LogP contribution >= 0.6 is 22.9 Å². The van der Waals surface area contributed by atoms with Crippen LogP contribution in [-0.2, 0) is 16.0 Å². The lowest BCUT2D eigenvalue weighted by Gasteiger charge is -2.30. The first-order valence-electron chi connectivity index (χ1n) is 10.6. The second-order valence-electron chi connectivity index (χ2n) is 7.40. The second-order valence-corrected chi connectivity index (χ2v) is 8.90. The van der Waals surface area contributed by atoms with Gasteiger partial charge in [-0.2, -0.15) is 0 Å². The fourth-order valence-electron chi connectivity index (χ4n) is 3.75. The van der Waals surface area contributed by atoms with E-state index in [1.54, 1.807) is 22.2 Å². The summed E-state index contributed by atoms with van der Waals surface area (Å²) in [6, 6.07) is 5.81. The van der Waals surface area contributed by atoms with Crippen LogP contribution in [-0.4, -0.2) is 63.4 Å². The molecule has 166 valence electrons. The van der Waals surface area contributed by atoms with Crippen LogP contribution in [0.15, 0.2) is 24.4 Å². The van der Waals surface area contributed by atoms with E-state index in [0.29, 0.717) is 49.5 Å². The fourth-order valence-corrected chi connectivity index (χ4v) is 5.03. The molecule has 1 saturated heterocycles. The number of likely N-dealkylation sites (tertiary alicyclic amines) is 1. The summed E-state index contributed by atoms with van der Waals surface area (Å²) >= 11 is 7.79. The van der Waals surface area contributed by atoms with Gasteiger partial charge in [0.1, 0.15) is 0 Å². The van der Waals surface area contributed by atoms with Crippen molar-refractivity contribution >= 4 is 39.1 Å². The molecule has 0 radical (unpaired) electrons. The third-order valence-corrected chi connectivity index (χ3v) is 6.73. The first-order valence-corrected chi connectivity index (χ1v) is 11.8. The zero-order valence-corrected chi connectivity index (χ0v) is 19.2. The Bertz CT molecular complexity index is 1030. The van der Waals surface area contributed by atoms with E-state index in [2.05, 4.69) is 10.3 Å². The van der Waals surface area contributed by atoms with Crippen LogP contribution in [0.25, 0.3) is 10.2 Å². The molecule has 0 unspecified atom stereocenters. The molecule has 1 fully saturated rings. The van der Waals surface area contributed by atoms with Crippen molar-refractivity contribution in [2.75, 3.05) is 26.3 Å². The minimum Gasteiger partial charge on any atom is -0.351 e. The van der Waals surface area contributed by atoms with E-state index in [1.165, 1.54) is 0 Å². The molecule has 8 nitrogen and oxygen atoms in total. The number of ether oxygens (including phenoxy) is 2. The van der Waals surface area contributed by atoms with Crippen molar-refractivity contribution in [2.24, 2.45) is 0 Å². The lowest BCUT2D eigenvalue weighted by Crippen LogP contribution is -2.38. The van der Waals surface area contributed by atoms with Crippen molar-refractivity contribution in [3.05, 3.63) is 40.1 Å². The molecule has 2 aromatic heterocycles. The van der Waals surface area contributed by atoms with Crippen molar-refractivity contribution in [3.8, 4) is 0 Å². The molecule has 0 spiro atoms. The number of carbonyl (C=O) groups excluding carboxylic acids is 1. The minimum atomic E-state index is -0.404. The Kier molecular flexibility index (Phi) is 7.16. The largest absolute Gasteiger partial charge is 0.351 e. The van der Waals surface area contributed by atoms with Gasteiger partial charge in [-0.15, -0.1) is 16.4 Å². The minimum absolute atomic E-state index is 0.0925. The van der Waals surface area contributed by atoms with E-state index in [9.17, 15) is 4.79 Å². The number of halogens is 1. The highest BCUT2D eigenvalue weighted by Gasteiger charge is 2.28. The topological polar surface area (TPSA) is 82.4 Å². The molecule has 0 saturated carbocycles. The average Bonchev–Trinajstić information content (AvgIpc) is 3.40. The van der Waals surface area contributed by atoms with Crippen molar-refractivity contribution in [2.45, 2.75) is 45.4 Å². The Labute approximate surface area is 190 Å². The number of piperidine rings is 1.